The second kappa shape index (κ2) is 10.1. The van der Waals surface area contributed by atoms with Gasteiger partial charge >= 0.3 is 5.97 Å². The largest absolute Gasteiger partial charge is 0.493 e. The van der Waals surface area contributed by atoms with Gasteiger partial charge in [0.2, 0.25) is 0 Å². The van der Waals surface area contributed by atoms with Gasteiger partial charge in [-0.25, -0.2) is 9.48 Å². The minimum absolute atomic E-state index is 0.00946. The van der Waals surface area contributed by atoms with E-state index in [1.807, 2.05) is 54.7 Å². The third-order valence-corrected chi connectivity index (χ3v) is 5.34. The molecule has 1 heterocycles. The number of carboxylic acid groups (broad SMARTS) is 1. The summed E-state index contributed by atoms with van der Waals surface area (Å²) in [4.78, 5) is 11.3. The lowest BCUT2D eigenvalue weighted by Gasteiger charge is -2.09. The van der Waals surface area contributed by atoms with Crippen LogP contribution in [0.2, 0.25) is 5.02 Å². The number of nitrogens with zero attached hydrogens (tertiary/aromatic N) is 3. The van der Waals surface area contributed by atoms with Crippen LogP contribution in [0.15, 0.2) is 78.0 Å². The average Bonchev–Trinajstić information content (AvgIpc) is 3.29. The third kappa shape index (κ3) is 4.87. The van der Waals surface area contributed by atoms with E-state index in [4.69, 9.17) is 26.2 Å². The zero-order valence-electron chi connectivity index (χ0n) is 18.4. The van der Waals surface area contributed by atoms with Gasteiger partial charge in [0.15, 0.2) is 11.5 Å². The van der Waals surface area contributed by atoms with Crippen molar-refractivity contribution in [2.75, 3.05) is 19.6 Å². The summed E-state index contributed by atoms with van der Waals surface area (Å²) < 4.78 is 12.5. The maximum Gasteiger partial charge on any atom is 0.337 e. The normalized spacial score (nSPS) is 10.9. The molecule has 2 N–H and O–H groups in total. The molecule has 0 unspecified atom stereocenters. The number of hydrogen-bond acceptors (Lipinski definition) is 6. The highest BCUT2D eigenvalue weighted by atomic mass is 35.5. The van der Waals surface area contributed by atoms with Gasteiger partial charge in [-0.05, 0) is 48.5 Å². The number of rotatable bonds is 8. The van der Waals surface area contributed by atoms with Gasteiger partial charge in [-0.1, -0.05) is 29.8 Å². The summed E-state index contributed by atoms with van der Waals surface area (Å²) in [7, 11) is 3.16. The van der Waals surface area contributed by atoms with Gasteiger partial charge in [0, 0.05) is 17.3 Å². The quantitative estimate of drug-likeness (QED) is 0.262. The molecule has 0 amide bonds. The molecule has 4 rings (SSSR count). The van der Waals surface area contributed by atoms with Crippen molar-refractivity contribution in [2.24, 2.45) is 5.10 Å². The lowest BCUT2D eigenvalue weighted by molar-refractivity contribution is 0.0697. The molecule has 0 fully saturated rings. The van der Waals surface area contributed by atoms with E-state index in [0.717, 1.165) is 16.8 Å². The molecule has 0 aliphatic rings. The molecule has 172 valence electrons. The van der Waals surface area contributed by atoms with Crippen LogP contribution in [0.3, 0.4) is 0 Å². The van der Waals surface area contributed by atoms with Gasteiger partial charge in [-0.2, -0.15) is 10.2 Å². The summed E-state index contributed by atoms with van der Waals surface area (Å²) in [5.41, 5.74) is 6.44. The zero-order valence-corrected chi connectivity index (χ0v) is 19.2. The molecule has 34 heavy (non-hydrogen) atoms. The Balaban J connectivity index is 1.71. The molecule has 0 saturated carbocycles. The number of anilines is 1. The van der Waals surface area contributed by atoms with Gasteiger partial charge in [-0.15, -0.1) is 0 Å². The summed E-state index contributed by atoms with van der Waals surface area (Å²) in [6, 6.07) is 19.8. The fourth-order valence-corrected chi connectivity index (χ4v) is 3.54. The van der Waals surface area contributed by atoms with Gasteiger partial charge in [-0.3, -0.25) is 5.43 Å². The number of carbonyl (C=O) groups is 1. The summed E-state index contributed by atoms with van der Waals surface area (Å²) >= 11 is 5.94. The molecular formula is C25H21ClN4O4. The van der Waals surface area contributed by atoms with E-state index < -0.39 is 5.97 Å². The van der Waals surface area contributed by atoms with Crippen molar-refractivity contribution >= 4 is 29.5 Å². The first-order valence-electron chi connectivity index (χ1n) is 10.2. The van der Waals surface area contributed by atoms with Crippen LogP contribution >= 0.6 is 11.6 Å². The number of ether oxygens (including phenoxy) is 2. The van der Waals surface area contributed by atoms with E-state index in [0.29, 0.717) is 22.9 Å². The van der Waals surface area contributed by atoms with E-state index >= 15 is 0 Å². The van der Waals surface area contributed by atoms with Crippen LogP contribution in [-0.4, -0.2) is 41.3 Å². The predicted octanol–water partition coefficient (Wildman–Crippen LogP) is 5.35. The number of para-hydroxylation sites is 1. The number of halogens is 1. The molecule has 3 aromatic carbocycles. The highest BCUT2D eigenvalue weighted by Crippen LogP contribution is 2.33. The van der Waals surface area contributed by atoms with Crippen molar-refractivity contribution in [1.82, 2.24) is 9.78 Å². The number of carboxylic acids is 1. The van der Waals surface area contributed by atoms with Gasteiger partial charge in [0.25, 0.3) is 0 Å². The molecule has 9 heteroatoms. The number of hydrazone groups is 1. The number of benzene rings is 3. The lowest BCUT2D eigenvalue weighted by Crippen LogP contribution is -1.99. The Morgan fingerprint density at radius 3 is 2.53 bits per heavy atom. The first-order valence-corrected chi connectivity index (χ1v) is 10.6. The number of nitrogens with one attached hydrogen (secondary N) is 1. The smallest absolute Gasteiger partial charge is 0.337 e. The van der Waals surface area contributed by atoms with Gasteiger partial charge in [0.05, 0.1) is 42.4 Å². The second-order valence-electron chi connectivity index (χ2n) is 7.15. The van der Waals surface area contributed by atoms with Crippen LogP contribution in [0, 0.1) is 0 Å². The van der Waals surface area contributed by atoms with Gasteiger partial charge in [0.1, 0.15) is 5.69 Å². The molecule has 0 spiro atoms. The molecule has 0 saturated heterocycles. The van der Waals surface area contributed by atoms with Crippen LogP contribution in [0.5, 0.6) is 11.5 Å². The van der Waals surface area contributed by atoms with Crippen molar-refractivity contribution in [3.63, 3.8) is 0 Å². The molecule has 1 aromatic heterocycles. The molecule has 4 aromatic rings. The maximum absolute atomic E-state index is 11.3. The van der Waals surface area contributed by atoms with E-state index in [9.17, 15) is 9.90 Å². The van der Waals surface area contributed by atoms with Crippen LogP contribution in [0.4, 0.5) is 5.69 Å². The fourth-order valence-electron chi connectivity index (χ4n) is 3.34. The van der Waals surface area contributed by atoms with Crippen LogP contribution < -0.4 is 14.9 Å². The minimum atomic E-state index is -1.11. The highest BCUT2D eigenvalue weighted by molar-refractivity contribution is 6.33. The Morgan fingerprint density at radius 1 is 1.06 bits per heavy atom. The minimum Gasteiger partial charge on any atom is -0.493 e. The second-order valence-corrected chi connectivity index (χ2v) is 7.56. The predicted molar refractivity (Wildman–Crippen MR) is 132 cm³/mol. The van der Waals surface area contributed by atoms with Gasteiger partial charge < -0.3 is 14.6 Å². The molecule has 0 atom stereocenters. The number of aromatic carboxylic acids is 1. The molecule has 8 nitrogen and oxygen atoms in total. The molecule has 0 radical (unpaired) electrons. The Hall–Kier alpha value is -4.30. The molecular weight excluding hydrogens is 456 g/mol. The van der Waals surface area contributed by atoms with Crippen molar-refractivity contribution in [1.29, 1.82) is 0 Å². The number of methoxy groups -OCH3 is 2. The molecule has 0 bridgehead atoms. The van der Waals surface area contributed by atoms with E-state index in [1.54, 1.807) is 31.2 Å². The fraction of sp³-hybridized carbons (Fsp3) is 0.0800. The van der Waals surface area contributed by atoms with E-state index in [-0.39, 0.29) is 10.6 Å². The Labute approximate surface area is 201 Å². The summed E-state index contributed by atoms with van der Waals surface area (Å²) in [5, 5.41) is 18.5. The Kier molecular flexibility index (Phi) is 6.79. The topological polar surface area (TPSA) is 98.0 Å². The SMILES string of the molecule is COc1ccc(-c2nn(-c3ccccc3)cc2/C=N\Nc2ccc(Cl)c(C(=O)O)c2)cc1OC. The molecule has 0 aliphatic carbocycles. The standard InChI is InChI=1S/C25H21ClN4O4/c1-33-22-11-8-16(12-23(22)34-2)24-17(15-30(29-24)19-6-4-3-5-7-19)14-27-28-18-9-10-21(26)20(13-18)25(31)32/h3-15,28H,1-2H3,(H,31,32)/b27-14-. The Bertz CT molecular complexity index is 1350. The average molecular weight is 477 g/mol. The highest BCUT2D eigenvalue weighted by Gasteiger charge is 2.14. The Morgan fingerprint density at radius 2 is 1.82 bits per heavy atom. The summed E-state index contributed by atoms with van der Waals surface area (Å²) in [5.74, 6) is 0.0812. The van der Waals surface area contributed by atoms with Crippen molar-refractivity contribution in [2.45, 2.75) is 0 Å². The first-order chi connectivity index (χ1) is 16.5. The molecule has 0 aliphatic heterocycles. The van der Waals surface area contributed by atoms with Crippen LogP contribution in [-0.2, 0) is 0 Å². The van der Waals surface area contributed by atoms with Crippen LogP contribution in [0.1, 0.15) is 15.9 Å². The first kappa shape index (κ1) is 22.9. The zero-order chi connectivity index (χ0) is 24.1. The summed E-state index contributed by atoms with van der Waals surface area (Å²) in [6.45, 7) is 0. The van der Waals surface area contributed by atoms with Crippen molar-refractivity contribution in [3.05, 3.63) is 89.1 Å². The van der Waals surface area contributed by atoms with E-state index in [1.165, 1.54) is 12.1 Å². The number of aromatic nitrogens is 2. The van der Waals surface area contributed by atoms with Crippen LogP contribution in [0.25, 0.3) is 16.9 Å². The lowest BCUT2D eigenvalue weighted by atomic mass is 10.1. The number of hydrogen-bond donors (Lipinski definition) is 2. The monoisotopic (exact) mass is 476 g/mol. The maximum atomic E-state index is 11.3. The third-order valence-electron chi connectivity index (χ3n) is 5.01. The van der Waals surface area contributed by atoms with E-state index in [2.05, 4.69) is 10.5 Å². The van der Waals surface area contributed by atoms with Crippen molar-refractivity contribution in [3.8, 4) is 28.4 Å². The van der Waals surface area contributed by atoms with Crippen molar-refractivity contribution < 1.29 is 19.4 Å². The summed E-state index contributed by atoms with van der Waals surface area (Å²) in [6.07, 6.45) is 3.48.